The van der Waals surface area contributed by atoms with Crippen LogP contribution in [0.15, 0.2) is 56.4 Å². The number of pyridine rings is 1. The molecular weight excluding hydrogens is 791 g/mol. The summed E-state index contributed by atoms with van der Waals surface area (Å²) in [6, 6.07) is 4.46. The van der Waals surface area contributed by atoms with Crippen LogP contribution in [0.1, 0.15) is 33.5 Å². The number of carbonyl (C=O) groups excluding carboxylic acids is 1. The van der Waals surface area contributed by atoms with Crippen LogP contribution >= 0.6 is 11.6 Å². The van der Waals surface area contributed by atoms with Crippen LogP contribution in [0.5, 0.6) is 17.6 Å². The van der Waals surface area contributed by atoms with Crippen molar-refractivity contribution in [2.45, 2.75) is 22.4 Å². The molecule has 54 heavy (non-hydrogen) atoms. The molecule has 0 fully saturated rings. The van der Waals surface area contributed by atoms with Gasteiger partial charge in [0.05, 0.1) is 48.6 Å². The minimum atomic E-state index is -4.98. The van der Waals surface area contributed by atoms with Gasteiger partial charge in [-0.15, -0.1) is 5.10 Å². The van der Waals surface area contributed by atoms with E-state index in [0.717, 1.165) is 28.8 Å². The highest BCUT2D eigenvalue weighted by Gasteiger charge is 2.40. The van der Waals surface area contributed by atoms with Gasteiger partial charge in [-0.1, -0.05) is 16.8 Å². The quantitative estimate of drug-likeness (QED) is 0.193. The van der Waals surface area contributed by atoms with E-state index in [0.29, 0.717) is 24.8 Å². The van der Waals surface area contributed by atoms with E-state index in [-0.39, 0.29) is 44.1 Å². The first kappa shape index (κ1) is 39.5. The monoisotopic (exact) mass is 817 g/mol. The van der Waals surface area contributed by atoms with Crippen LogP contribution in [0, 0.1) is 0 Å². The fourth-order valence-electron chi connectivity index (χ4n) is 4.91. The van der Waals surface area contributed by atoms with Crippen LogP contribution < -0.4 is 24.5 Å². The van der Waals surface area contributed by atoms with Crippen molar-refractivity contribution in [2.75, 3.05) is 38.9 Å². The molecule has 0 radical (unpaired) electrons. The van der Waals surface area contributed by atoms with Crippen LogP contribution in [0.4, 0.5) is 19.1 Å². The number of rotatable bonds is 10. The van der Waals surface area contributed by atoms with E-state index in [1.54, 1.807) is 0 Å². The number of ketones is 1. The number of H-pyrrole nitrogens is 1. The number of aromatic nitrogens is 7. The van der Waals surface area contributed by atoms with Crippen molar-refractivity contribution in [1.82, 2.24) is 34.3 Å². The van der Waals surface area contributed by atoms with Crippen molar-refractivity contribution in [3.8, 4) is 17.6 Å². The number of anilines is 1. The molecule has 1 aliphatic rings. The summed E-state index contributed by atoms with van der Waals surface area (Å²) in [4.78, 5) is 39.7. The molecule has 6 rings (SSSR count). The van der Waals surface area contributed by atoms with E-state index in [2.05, 4.69) is 30.3 Å². The number of carbonyl (C=O) groups is 1. The highest BCUT2D eigenvalue weighted by atomic mass is 35.5. The van der Waals surface area contributed by atoms with Crippen LogP contribution in [0.2, 0.25) is 5.02 Å². The number of hydrogen-bond acceptors (Lipinski definition) is 15. The zero-order chi connectivity index (χ0) is 39.7. The highest BCUT2D eigenvalue weighted by molar-refractivity contribution is 7.93. The van der Waals surface area contributed by atoms with Crippen LogP contribution in [0.25, 0.3) is 5.78 Å². The normalized spacial score (nSPS) is 13.1. The van der Waals surface area contributed by atoms with Gasteiger partial charge in [0, 0.05) is 43.2 Å². The Morgan fingerprint density at radius 3 is 2.33 bits per heavy atom. The van der Waals surface area contributed by atoms with E-state index in [9.17, 15) is 39.6 Å². The predicted molar refractivity (Wildman–Crippen MR) is 182 cm³/mol. The van der Waals surface area contributed by atoms with Gasteiger partial charge < -0.3 is 24.1 Å². The van der Waals surface area contributed by atoms with Gasteiger partial charge >= 0.3 is 6.18 Å². The van der Waals surface area contributed by atoms with E-state index in [4.69, 9.17) is 30.6 Å². The van der Waals surface area contributed by atoms with Gasteiger partial charge in [0.2, 0.25) is 23.4 Å². The number of ether oxygens (including phenoxy) is 3. The molecule has 0 atom stereocenters. The van der Waals surface area contributed by atoms with Crippen molar-refractivity contribution in [1.29, 1.82) is 0 Å². The number of aromatic amines is 1. The van der Waals surface area contributed by atoms with Crippen molar-refractivity contribution in [3.05, 3.63) is 74.3 Å². The Labute approximate surface area is 307 Å². The summed E-state index contributed by atoms with van der Waals surface area (Å²) in [5.74, 6) is -1.82. The van der Waals surface area contributed by atoms with Gasteiger partial charge in [0.25, 0.3) is 27.3 Å². The van der Waals surface area contributed by atoms with Crippen LogP contribution in [-0.4, -0.2) is 96.9 Å². The molecule has 5 aromatic rings. The van der Waals surface area contributed by atoms with Gasteiger partial charge in [0.1, 0.15) is 12.2 Å². The number of nitrogens with zero attached hydrogens (tertiary/aromatic N) is 7. The van der Waals surface area contributed by atoms with E-state index in [1.165, 1.54) is 45.7 Å². The summed E-state index contributed by atoms with van der Waals surface area (Å²) in [6.07, 6.45) is -1.51. The van der Waals surface area contributed by atoms with Gasteiger partial charge in [-0.2, -0.15) is 27.7 Å². The second-order valence-corrected chi connectivity index (χ2v) is 14.8. The number of oxime groups is 1. The SMILES string of the molecule is COc1cc(OC)n2nc(NS(=O)(=O)c3c(C(F)(F)F)ccnc3OC)nc2n1.Cn1[nH]cc(C(=O)c2ccc(S(C)(=O)=O)c(C3=NOCC3)c2Cl)c1=O. The minimum Gasteiger partial charge on any atom is -0.481 e. The molecule has 288 valence electrons. The Balaban J connectivity index is 0.000000210. The minimum absolute atomic E-state index is 0.0235. The Morgan fingerprint density at radius 1 is 1.06 bits per heavy atom. The number of aryl methyl sites for hydroxylation is 1. The zero-order valence-electron chi connectivity index (χ0n) is 28.4. The fraction of sp³-hybridized carbons (Fsp3) is 0.276. The van der Waals surface area contributed by atoms with Gasteiger partial charge in [0.15, 0.2) is 14.7 Å². The number of benzene rings is 1. The molecule has 4 aromatic heterocycles. The summed E-state index contributed by atoms with van der Waals surface area (Å²) in [6.45, 7) is 0.297. The van der Waals surface area contributed by atoms with Crippen molar-refractivity contribution < 1.29 is 53.8 Å². The standard InChI is InChI=1S/C15H14ClN3O5S.C14H13F3N6O5S/c1-19-15(21)9(7-17-19)14(20)8-3-4-11(25(2,22)23)12(13(8)16)10-5-6-24-18-10;1-26-8-6-9(27-2)23-13(19-8)20-12(21-23)22-29(24,25)10-7(14(15,16)17)4-5-18-11(10)28-3/h3-4,7,17H,5-6H2,1-2H3;4-6H,1-3H3,(H,21,22). The zero-order valence-corrected chi connectivity index (χ0v) is 30.8. The molecule has 19 nitrogen and oxygen atoms in total. The third-order valence-corrected chi connectivity index (χ3v) is 10.3. The second-order valence-electron chi connectivity index (χ2n) is 10.9. The number of sulfone groups is 1. The third-order valence-electron chi connectivity index (χ3n) is 7.36. The number of nitrogens with one attached hydrogen (secondary N) is 2. The topological polar surface area (TPSA) is 240 Å². The maximum atomic E-state index is 13.3. The number of alkyl halides is 3. The Kier molecular flexibility index (Phi) is 10.9. The van der Waals surface area contributed by atoms with E-state index >= 15 is 0 Å². The number of fused-ring (bicyclic) bond motifs is 1. The molecule has 0 saturated heterocycles. The smallest absolute Gasteiger partial charge is 0.418 e. The van der Waals surface area contributed by atoms with Gasteiger partial charge in [-0.3, -0.25) is 14.3 Å². The maximum absolute atomic E-state index is 13.3. The fourth-order valence-corrected chi connectivity index (χ4v) is 7.50. The Bertz CT molecular complexity index is 2590. The van der Waals surface area contributed by atoms with Crippen LogP contribution in [0.3, 0.4) is 0 Å². The van der Waals surface area contributed by atoms with E-state index in [1.807, 2.05) is 4.72 Å². The van der Waals surface area contributed by atoms with Crippen molar-refractivity contribution in [2.24, 2.45) is 12.2 Å². The Morgan fingerprint density at radius 2 is 1.78 bits per heavy atom. The lowest BCUT2D eigenvalue weighted by Gasteiger charge is -2.15. The third kappa shape index (κ3) is 7.79. The number of sulfonamides is 1. The summed E-state index contributed by atoms with van der Waals surface area (Å²) in [5, 5.41) is 10.2. The van der Waals surface area contributed by atoms with Gasteiger partial charge in [-0.25, -0.2) is 26.5 Å². The molecule has 0 spiro atoms. The molecule has 0 aliphatic carbocycles. The molecular formula is C29H27ClF3N9O10S2. The molecule has 1 aromatic carbocycles. The molecule has 1 aliphatic heterocycles. The first-order valence-electron chi connectivity index (χ1n) is 14.8. The number of methoxy groups -OCH3 is 3. The lowest BCUT2D eigenvalue weighted by Crippen LogP contribution is -2.21. The van der Waals surface area contributed by atoms with Crippen molar-refractivity contribution in [3.63, 3.8) is 0 Å². The molecule has 0 bridgehead atoms. The predicted octanol–water partition coefficient (Wildman–Crippen LogP) is 2.49. The average Bonchev–Trinajstić information content (AvgIpc) is 3.87. The van der Waals surface area contributed by atoms with Crippen molar-refractivity contribution >= 4 is 54.7 Å². The summed E-state index contributed by atoms with van der Waals surface area (Å²) >= 11 is 6.36. The number of halogens is 4. The molecule has 5 heterocycles. The summed E-state index contributed by atoms with van der Waals surface area (Å²) in [7, 11) is -3.34. The second kappa shape index (κ2) is 14.9. The highest BCUT2D eigenvalue weighted by Crippen LogP contribution is 2.38. The van der Waals surface area contributed by atoms with Crippen LogP contribution in [-0.2, 0) is 37.9 Å². The molecule has 0 saturated carbocycles. The first-order valence-corrected chi connectivity index (χ1v) is 18.6. The van der Waals surface area contributed by atoms with Gasteiger partial charge in [-0.05, 0) is 18.2 Å². The average molecular weight is 818 g/mol. The lowest BCUT2D eigenvalue weighted by atomic mass is 10.00. The largest absolute Gasteiger partial charge is 0.481 e. The summed E-state index contributed by atoms with van der Waals surface area (Å²) in [5.41, 5.74) is -1.54. The maximum Gasteiger partial charge on any atom is 0.418 e. The summed E-state index contributed by atoms with van der Waals surface area (Å²) < 4.78 is 108. The first-order chi connectivity index (χ1) is 25.3. The molecule has 0 amide bonds. The lowest BCUT2D eigenvalue weighted by molar-refractivity contribution is -0.140. The molecule has 0 unspecified atom stereocenters. The molecule has 25 heteroatoms. The molecule has 2 N–H and O–H groups in total. The van der Waals surface area contributed by atoms with E-state index < -0.39 is 59.7 Å². The Hall–Kier alpha value is -5.75. The number of hydrogen-bond donors (Lipinski definition) is 2.